The van der Waals surface area contributed by atoms with Crippen LogP contribution in [0.4, 0.5) is 4.39 Å². The SMILES string of the molecule is CC(C)OC(=O)[C@H](C)N[P@](=O)(OC[C@H]1O[C@@H](n2cc(F)c(=O)[nH]c2=O)[C@H](C#N)[C@@H]1O)Oc1ccccc1. The van der Waals surface area contributed by atoms with Crippen molar-refractivity contribution in [1.29, 1.82) is 5.26 Å². The number of nitriles is 1. The number of aromatic nitrogens is 2. The first-order chi connectivity index (χ1) is 17.4. The number of aliphatic hydroxyl groups is 1. The van der Waals surface area contributed by atoms with Crippen LogP contribution in [0.1, 0.15) is 27.0 Å². The third-order valence-corrected chi connectivity index (χ3v) is 6.80. The number of carbonyl (C=O) groups excluding carboxylic acids is 1. The van der Waals surface area contributed by atoms with Crippen LogP contribution in [0.25, 0.3) is 0 Å². The van der Waals surface area contributed by atoms with Crippen LogP contribution in [0.3, 0.4) is 0 Å². The van der Waals surface area contributed by atoms with Gasteiger partial charge in [-0.3, -0.25) is 23.7 Å². The molecule has 200 valence electrons. The highest BCUT2D eigenvalue weighted by Crippen LogP contribution is 2.46. The van der Waals surface area contributed by atoms with E-state index in [-0.39, 0.29) is 5.75 Å². The number of carbonyl (C=O) groups is 1. The minimum atomic E-state index is -4.32. The van der Waals surface area contributed by atoms with Gasteiger partial charge in [0.15, 0.2) is 6.23 Å². The van der Waals surface area contributed by atoms with Gasteiger partial charge in [0.2, 0.25) is 5.82 Å². The maximum absolute atomic E-state index is 13.8. The summed E-state index contributed by atoms with van der Waals surface area (Å²) < 4.78 is 49.6. The Labute approximate surface area is 210 Å². The van der Waals surface area contributed by atoms with Crippen molar-refractivity contribution in [2.24, 2.45) is 5.92 Å². The van der Waals surface area contributed by atoms with Gasteiger partial charge < -0.3 is 19.1 Å². The van der Waals surface area contributed by atoms with Gasteiger partial charge in [-0.2, -0.15) is 14.7 Å². The lowest BCUT2D eigenvalue weighted by molar-refractivity contribution is -0.149. The summed E-state index contributed by atoms with van der Waals surface area (Å²) in [5, 5.41) is 22.6. The number of nitrogens with zero attached hydrogens (tertiary/aromatic N) is 2. The molecule has 2 aromatic rings. The maximum Gasteiger partial charge on any atom is 0.459 e. The van der Waals surface area contributed by atoms with Crippen LogP contribution in [-0.4, -0.2) is 51.6 Å². The molecule has 1 aromatic heterocycles. The first-order valence-corrected chi connectivity index (χ1v) is 12.7. The number of halogens is 1. The van der Waals surface area contributed by atoms with Gasteiger partial charge in [-0.05, 0) is 32.9 Å². The van der Waals surface area contributed by atoms with Crippen LogP contribution in [0, 0.1) is 23.1 Å². The first kappa shape index (κ1) is 28.2. The van der Waals surface area contributed by atoms with Crippen LogP contribution in [0.5, 0.6) is 5.75 Å². The Morgan fingerprint density at radius 3 is 2.62 bits per heavy atom. The Morgan fingerprint density at radius 2 is 2.00 bits per heavy atom. The summed E-state index contributed by atoms with van der Waals surface area (Å²) in [7, 11) is -4.32. The zero-order valence-electron chi connectivity index (χ0n) is 20.1. The molecule has 0 unspecified atom stereocenters. The third kappa shape index (κ3) is 6.91. The molecule has 13 nitrogen and oxygen atoms in total. The van der Waals surface area contributed by atoms with E-state index in [4.69, 9.17) is 18.5 Å². The zero-order chi connectivity index (χ0) is 27.3. The molecule has 6 atom stereocenters. The van der Waals surface area contributed by atoms with Crippen molar-refractivity contribution in [1.82, 2.24) is 14.6 Å². The molecule has 1 saturated heterocycles. The van der Waals surface area contributed by atoms with E-state index in [2.05, 4.69) is 5.09 Å². The first-order valence-electron chi connectivity index (χ1n) is 11.2. The number of rotatable bonds is 10. The molecule has 0 radical (unpaired) electrons. The fourth-order valence-corrected chi connectivity index (χ4v) is 4.92. The molecule has 0 aliphatic carbocycles. The molecule has 15 heteroatoms. The van der Waals surface area contributed by atoms with E-state index >= 15 is 0 Å². The summed E-state index contributed by atoms with van der Waals surface area (Å²) in [4.78, 5) is 37.5. The van der Waals surface area contributed by atoms with Crippen molar-refractivity contribution in [3.63, 3.8) is 0 Å². The van der Waals surface area contributed by atoms with Crippen molar-refractivity contribution in [2.75, 3.05) is 6.61 Å². The van der Waals surface area contributed by atoms with E-state index < -0.39 is 73.9 Å². The Kier molecular flexibility index (Phi) is 9.01. The van der Waals surface area contributed by atoms with E-state index in [0.717, 1.165) is 0 Å². The molecule has 1 fully saturated rings. The molecular weight excluding hydrogens is 514 g/mol. The van der Waals surface area contributed by atoms with Crippen LogP contribution in [0.2, 0.25) is 0 Å². The second-order valence-electron chi connectivity index (χ2n) is 8.39. The molecule has 0 bridgehead atoms. The molecular formula is C22H26FN4O9P. The van der Waals surface area contributed by atoms with Gasteiger partial charge in [-0.15, -0.1) is 0 Å². The van der Waals surface area contributed by atoms with Gasteiger partial charge in [-0.1, -0.05) is 18.2 Å². The van der Waals surface area contributed by atoms with Crippen LogP contribution in [0.15, 0.2) is 46.1 Å². The number of nitrogens with one attached hydrogen (secondary N) is 2. The van der Waals surface area contributed by atoms with Gasteiger partial charge in [0.05, 0.1) is 25.0 Å². The van der Waals surface area contributed by atoms with Crippen LogP contribution in [-0.2, 0) is 23.4 Å². The second-order valence-corrected chi connectivity index (χ2v) is 10.1. The summed E-state index contributed by atoms with van der Waals surface area (Å²) in [6, 6.07) is 8.56. The smallest absolute Gasteiger partial charge is 0.459 e. The van der Waals surface area contributed by atoms with E-state index in [9.17, 15) is 33.7 Å². The standard InChI is InChI=1S/C22H26FN4O9P/c1-12(2)34-21(30)13(3)26-37(32,36-14-7-5-4-6-8-14)33-11-17-18(28)15(9-24)20(35-17)27-10-16(23)19(29)25-22(27)31/h4-8,10,12-13,15,17-18,20,28H,11H2,1-3H3,(H,26,32)(H,25,29,31)/t13-,15+,17+,18-,20+,37-/m0/s1. The lowest BCUT2D eigenvalue weighted by Crippen LogP contribution is -2.37. The molecule has 0 spiro atoms. The Balaban J connectivity index is 1.81. The number of aliphatic hydroxyl groups excluding tert-OH is 1. The van der Waals surface area contributed by atoms with Gasteiger partial charge in [0, 0.05) is 0 Å². The molecule has 3 N–H and O–H groups in total. The Hall–Kier alpha value is -3.34. The van der Waals surface area contributed by atoms with Gasteiger partial charge >= 0.3 is 19.4 Å². The fraction of sp³-hybridized carbons (Fsp3) is 0.455. The molecule has 0 amide bonds. The number of para-hydroxylation sites is 1. The number of aromatic amines is 1. The number of hydrogen-bond acceptors (Lipinski definition) is 10. The van der Waals surface area contributed by atoms with Crippen LogP contribution >= 0.6 is 7.75 Å². The number of H-pyrrole nitrogens is 1. The van der Waals surface area contributed by atoms with Crippen molar-refractivity contribution >= 4 is 13.7 Å². The molecule has 1 aromatic carbocycles. The summed E-state index contributed by atoms with van der Waals surface area (Å²) in [6.07, 6.45) is -4.27. The third-order valence-electron chi connectivity index (χ3n) is 5.15. The maximum atomic E-state index is 13.8. The minimum absolute atomic E-state index is 0.138. The number of hydrogen-bond donors (Lipinski definition) is 3. The Bertz CT molecular complexity index is 1310. The fourth-order valence-electron chi connectivity index (χ4n) is 3.42. The zero-order valence-corrected chi connectivity index (χ0v) is 21.0. The molecule has 1 aliphatic heterocycles. The van der Waals surface area contributed by atoms with E-state index in [1.165, 1.54) is 19.1 Å². The van der Waals surface area contributed by atoms with Gasteiger partial charge in [-0.25, -0.2) is 9.36 Å². The highest BCUT2D eigenvalue weighted by atomic mass is 31.2. The highest BCUT2D eigenvalue weighted by molar-refractivity contribution is 7.52. The van der Waals surface area contributed by atoms with Crippen LogP contribution < -0.4 is 20.9 Å². The lowest BCUT2D eigenvalue weighted by Gasteiger charge is -2.25. The minimum Gasteiger partial charge on any atom is -0.462 e. The molecule has 0 saturated carbocycles. The van der Waals surface area contributed by atoms with E-state index in [1.54, 1.807) is 43.1 Å². The average Bonchev–Trinajstić information content (AvgIpc) is 3.15. The van der Waals surface area contributed by atoms with Gasteiger partial charge in [0.25, 0.3) is 5.56 Å². The predicted molar refractivity (Wildman–Crippen MR) is 125 cm³/mol. The van der Waals surface area contributed by atoms with Crippen molar-refractivity contribution in [3.05, 3.63) is 63.2 Å². The summed E-state index contributed by atoms with van der Waals surface area (Å²) in [5.41, 5.74) is -2.33. The normalized spacial score (nSPS) is 23.7. The molecule has 37 heavy (non-hydrogen) atoms. The lowest BCUT2D eigenvalue weighted by atomic mass is 10.0. The summed E-state index contributed by atoms with van der Waals surface area (Å²) >= 11 is 0. The molecule has 2 heterocycles. The van der Waals surface area contributed by atoms with Crippen molar-refractivity contribution in [3.8, 4) is 11.8 Å². The van der Waals surface area contributed by atoms with E-state index in [1.807, 2.05) is 0 Å². The monoisotopic (exact) mass is 540 g/mol. The number of benzene rings is 1. The summed E-state index contributed by atoms with van der Waals surface area (Å²) in [5.74, 6) is -3.27. The highest BCUT2D eigenvalue weighted by Gasteiger charge is 2.47. The second kappa shape index (κ2) is 11.8. The topological polar surface area (TPSA) is 182 Å². The quantitative estimate of drug-likeness (QED) is 0.291. The van der Waals surface area contributed by atoms with E-state index in [0.29, 0.717) is 10.8 Å². The number of ether oxygens (including phenoxy) is 2. The number of esters is 1. The average molecular weight is 540 g/mol. The molecule has 3 rings (SSSR count). The van der Waals surface area contributed by atoms with Gasteiger partial charge in [0.1, 0.15) is 29.9 Å². The largest absolute Gasteiger partial charge is 0.462 e. The van der Waals surface area contributed by atoms with Crippen molar-refractivity contribution in [2.45, 2.75) is 51.4 Å². The Morgan fingerprint density at radius 1 is 1.32 bits per heavy atom. The van der Waals surface area contributed by atoms with Crippen molar-refractivity contribution < 1.29 is 37.4 Å². The molecule has 1 aliphatic rings. The summed E-state index contributed by atoms with van der Waals surface area (Å²) in [6.45, 7) is 4.04. The predicted octanol–water partition coefficient (Wildman–Crippen LogP) is 1.21.